The second-order valence-corrected chi connectivity index (χ2v) is 2.35. The van der Waals surface area contributed by atoms with E-state index in [0.29, 0.717) is 0 Å². The fraction of sp³-hybridized carbons (Fsp3) is 0.571. The van der Waals surface area contributed by atoms with Gasteiger partial charge >= 0.3 is 0 Å². The quantitative estimate of drug-likeness (QED) is 0.402. The number of Topliss-reactive ketones (excluding diaryl/α,β-unsaturated/α-hetero) is 2. The molecule has 0 saturated carbocycles. The molecule has 5 nitrogen and oxygen atoms in total. The molecule has 1 amide bonds. The van der Waals surface area contributed by atoms with Crippen molar-refractivity contribution in [3.05, 3.63) is 0 Å². The molecule has 0 aromatic carbocycles. The Morgan fingerprint density at radius 2 is 1.92 bits per heavy atom. The average Bonchev–Trinajstić information content (AvgIpc) is 2.02. The first-order valence-corrected chi connectivity index (χ1v) is 3.52. The first-order valence-electron chi connectivity index (χ1n) is 3.52. The van der Waals surface area contributed by atoms with Crippen LogP contribution in [0.3, 0.4) is 0 Å². The van der Waals surface area contributed by atoms with E-state index in [-0.39, 0.29) is 6.42 Å². The molecular weight excluding hydrogens is 162 g/mol. The number of rotatable bonds is 5. The number of carbonyl (C=O) groups excluding carboxylic acids is 3. The van der Waals surface area contributed by atoms with E-state index in [1.807, 2.05) is 0 Å². The lowest BCUT2D eigenvalue weighted by molar-refractivity contribution is -0.140. The number of aliphatic hydroxyl groups excluding tert-OH is 1. The van der Waals surface area contributed by atoms with E-state index >= 15 is 0 Å². The molecule has 0 spiro atoms. The molecule has 0 fully saturated rings. The van der Waals surface area contributed by atoms with Crippen molar-refractivity contribution in [3.8, 4) is 0 Å². The number of hydrogen-bond acceptors (Lipinski definition) is 4. The maximum atomic E-state index is 10.8. The van der Waals surface area contributed by atoms with Crippen LogP contribution in [0, 0.1) is 0 Å². The molecule has 0 saturated heterocycles. The highest BCUT2D eigenvalue weighted by Gasteiger charge is 2.19. The highest BCUT2D eigenvalue weighted by Crippen LogP contribution is 1.96. The van der Waals surface area contributed by atoms with Crippen LogP contribution in [0.4, 0.5) is 0 Å². The Morgan fingerprint density at radius 3 is 2.25 bits per heavy atom. The standard InChI is InChI=1S/C7H11NO4/c1-2-4(9)5(10)3-6(11)7(8)12/h4,9H,2-3H2,1H3,(H2,8,12). The maximum Gasteiger partial charge on any atom is 0.285 e. The average molecular weight is 173 g/mol. The van der Waals surface area contributed by atoms with Gasteiger partial charge in [0.2, 0.25) is 5.78 Å². The second-order valence-electron chi connectivity index (χ2n) is 2.35. The molecular formula is C7H11NO4. The van der Waals surface area contributed by atoms with E-state index < -0.39 is 30.0 Å². The third kappa shape index (κ3) is 3.25. The Morgan fingerprint density at radius 1 is 1.42 bits per heavy atom. The first kappa shape index (κ1) is 10.8. The van der Waals surface area contributed by atoms with Gasteiger partial charge in [0.05, 0.1) is 6.42 Å². The van der Waals surface area contributed by atoms with Gasteiger partial charge in [-0.05, 0) is 6.42 Å². The fourth-order valence-electron chi connectivity index (χ4n) is 0.591. The zero-order valence-corrected chi connectivity index (χ0v) is 6.74. The van der Waals surface area contributed by atoms with Gasteiger partial charge in [0, 0.05) is 0 Å². The van der Waals surface area contributed by atoms with Crippen LogP contribution in [0.25, 0.3) is 0 Å². The van der Waals surface area contributed by atoms with Gasteiger partial charge in [-0.2, -0.15) is 0 Å². The van der Waals surface area contributed by atoms with E-state index in [1.165, 1.54) is 0 Å². The fourth-order valence-corrected chi connectivity index (χ4v) is 0.591. The number of carbonyl (C=O) groups is 3. The van der Waals surface area contributed by atoms with Crippen molar-refractivity contribution >= 4 is 17.5 Å². The van der Waals surface area contributed by atoms with Crippen molar-refractivity contribution in [1.29, 1.82) is 0 Å². The predicted molar refractivity (Wildman–Crippen MR) is 40.1 cm³/mol. The van der Waals surface area contributed by atoms with Crippen molar-refractivity contribution < 1.29 is 19.5 Å². The lowest BCUT2D eigenvalue weighted by atomic mass is 10.1. The van der Waals surface area contributed by atoms with Crippen molar-refractivity contribution in [2.24, 2.45) is 5.73 Å². The Labute approximate surface area is 69.5 Å². The highest BCUT2D eigenvalue weighted by atomic mass is 16.3. The lowest BCUT2D eigenvalue weighted by Crippen LogP contribution is -2.29. The molecule has 0 aromatic heterocycles. The van der Waals surface area contributed by atoms with Crippen molar-refractivity contribution in [1.82, 2.24) is 0 Å². The van der Waals surface area contributed by atoms with Gasteiger partial charge in [-0.15, -0.1) is 0 Å². The van der Waals surface area contributed by atoms with Gasteiger partial charge in [0.25, 0.3) is 5.91 Å². The van der Waals surface area contributed by atoms with Crippen LogP contribution in [-0.4, -0.2) is 28.7 Å². The van der Waals surface area contributed by atoms with Crippen LogP contribution >= 0.6 is 0 Å². The van der Waals surface area contributed by atoms with Crippen LogP contribution in [0.5, 0.6) is 0 Å². The van der Waals surface area contributed by atoms with E-state index in [0.717, 1.165) is 0 Å². The van der Waals surface area contributed by atoms with E-state index in [9.17, 15) is 14.4 Å². The Kier molecular flexibility index (Phi) is 4.14. The van der Waals surface area contributed by atoms with Gasteiger partial charge in [0.15, 0.2) is 5.78 Å². The SMILES string of the molecule is CCC(O)C(=O)CC(=O)C(N)=O. The number of amides is 1. The summed E-state index contributed by atoms with van der Waals surface area (Å²) in [6.45, 7) is 1.59. The first-order chi connectivity index (χ1) is 5.49. The Bertz CT molecular complexity index is 211. The molecule has 0 aliphatic heterocycles. The number of ketones is 2. The molecule has 0 heterocycles. The Hall–Kier alpha value is -1.23. The van der Waals surface area contributed by atoms with Crippen molar-refractivity contribution in [3.63, 3.8) is 0 Å². The van der Waals surface area contributed by atoms with Gasteiger partial charge in [-0.25, -0.2) is 0 Å². The molecule has 0 rings (SSSR count). The topological polar surface area (TPSA) is 97.5 Å². The molecule has 0 aromatic rings. The van der Waals surface area contributed by atoms with Gasteiger partial charge in [0.1, 0.15) is 6.10 Å². The smallest absolute Gasteiger partial charge is 0.285 e. The van der Waals surface area contributed by atoms with E-state index in [1.54, 1.807) is 6.92 Å². The van der Waals surface area contributed by atoms with Crippen molar-refractivity contribution in [2.75, 3.05) is 0 Å². The number of nitrogens with two attached hydrogens (primary N) is 1. The number of primary amides is 1. The molecule has 0 aliphatic carbocycles. The molecule has 1 unspecified atom stereocenters. The minimum absolute atomic E-state index is 0.227. The minimum Gasteiger partial charge on any atom is -0.385 e. The summed E-state index contributed by atoms with van der Waals surface area (Å²) >= 11 is 0. The summed E-state index contributed by atoms with van der Waals surface area (Å²) in [5.41, 5.74) is 4.60. The molecule has 5 heteroatoms. The maximum absolute atomic E-state index is 10.8. The monoisotopic (exact) mass is 173 g/mol. The molecule has 68 valence electrons. The molecule has 12 heavy (non-hydrogen) atoms. The van der Waals surface area contributed by atoms with Gasteiger partial charge in [-0.1, -0.05) is 6.92 Å². The van der Waals surface area contributed by atoms with Gasteiger partial charge in [-0.3, -0.25) is 14.4 Å². The van der Waals surface area contributed by atoms with E-state index in [4.69, 9.17) is 5.11 Å². The molecule has 0 radical (unpaired) electrons. The summed E-state index contributed by atoms with van der Waals surface area (Å²) in [7, 11) is 0. The summed E-state index contributed by atoms with van der Waals surface area (Å²) in [6.07, 6.45) is -1.55. The zero-order chi connectivity index (χ0) is 9.72. The summed E-state index contributed by atoms with van der Waals surface area (Å²) < 4.78 is 0. The molecule has 3 N–H and O–H groups in total. The zero-order valence-electron chi connectivity index (χ0n) is 6.74. The van der Waals surface area contributed by atoms with Crippen LogP contribution in [0.1, 0.15) is 19.8 Å². The number of hydrogen-bond donors (Lipinski definition) is 2. The third-order valence-electron chi connectivity index (χ3n) is 1.37. The third-order valence-corrected chi connectivity index (χ3v) is 1.37. The van der Waals surface area contributed by atoms with Crippen molar-refractivity contribution in [2.45, 2.75) is 25.9 Å². The summed E-state index contributed by atoms with van der Waals surface area (Å²) in [5.74, 6) is -2.78. The normalized spacial score (nSPS) is 12.2. The largest absolute Gasteiger partial charge is 0.385 e. The summed E-state index contributed by atoms with van der Waals surface area (Å²) in [6, 6.07) is 0. The molecule has 0 bridgehead atoms. The summed E-state index contributed by atoms with van der Waals surface area (Å²) in [4.78, 5) is 31.6. The number of aliphatic hydroxyl groups is 1. The summed E-state index contributed by atoms with van der Waals surface area (Å²) in [5, 5.41) is 8.90. The van der Waals surface area contributed by atoms with Crippen LogP contribution < -0.4 is 5.73 Å². The Balaban J connectivity index is 4.01. The lowest BCUT2D eigenvalue weighted by Gasteiger charge is -2.03. The molecule has 0 aliphatic rings. The highest BCUT2D eigenvalue weighted by molar-refractivity contribution is 6.38. The van der Waals surface area contributed by atoms with Gasteiger partial charge < -0.3 is 10.8 Å². The minimum atomic E-state index is -1.17. The second kappa shape index (κ2) is 4.61. The predicted octanol–water partition coefficient (Wildman–Crippen LogP) is -1.23. The van der Waals surface area contributed by atoms with E-state index in [2.05, 4.69) is 5.73 Å². The molecule has 1 atom stereocenters. The van der Waals surface area contributed by atoms with Crippen LogP contribution in [0.2, 0.25) is 0 Å². The van der Waals surface area contributed by atoms with Crippen LogP contribution in [0.15, 0.2) is 0 Å². The van der Waals surface area contributed by atoms with Crippen LogP contribution in [-0.2, 0) is 14.4 Å².